The monoisotopic (exact) mass is 325 g/mol. The first-order valence-electron chi connectivity index (χ1n) is 7.43. The Labute approximate surface area is 137 Å². The molecular formula is C17H15N3O2S. The maximum atomic E-state index is 13.0. The summed E-state index contributed by atoms with van der Waals surface area (Å²) in [5.74, 6) is -0.224. The van der Waals surface area contributed by atoms with Crippen molar-refractivity contribution in [3.8, 4) is 0 Å². The number of hydrogen-bond acceptors (Lipinski definition) is 3. The van der Waals surface area contributed by atoms with Crippen LogP contribution in [0.5, 0.6) is 0 Å². The van der Waals surface area contributed by atoms with Crippen molar-refractivity contribution in [1.82, 2.24) is 14.6 Å². The number of aromatic nitrogens is 1. The van der Waals surface area contributed by atoms with Crippen molar-refractivity contribution < 1.29 is 9.59 Å². The van der Waals surface area contributed by atoms with Crippen LogP contribution in [0.4, 0.5) is 0 Å². The highest BCUT2D eigenvalue weighted by atomic mass is 32.1. The molecule has 5 nitrogen and oxygen atoms in total. The first kappa shape index (κ1) is 14.0. The molecular weight excluding hydrogens is 310 g/mol. The van der Waals surface area contributed by atoms with Crippen LogP contribution in [0.3, 0.4) is 0 Å². The smallest absolute Gasteiger partial charge is 0.256 e. The quantitative estimate of drug-likeness (QED) is 0.786. The maximum absolute atomic E-state index is 13.0. The fraction of sp³-hybridized carbons (Fsp3) is 0.176. The summed E-state index contributed by atoms with van der Waals surface area (Å²) in [6, 6.07) is 10.9. The second kappa shape index (κ2) is 5.55. The number of carbonyl (C=O) groups excluding carboxylic acids is 2. The number of hydrogen-bond donors (Lipinski definition) is 1. The summed E-state index contributed by atoms with van der Waals surface area (Å²) in [5, 5.41) is 4.78. The van der Waals surface area contributed by atoms with E-state index in [1.165, 1.54) is 11.3 Å². The number of thiophene rings is 1. The van der Waals surface area contributed by atoms with Gasteiger partial charge in [0, 0.05) is 35.9 Å². The van der Waals surface area contributed by atoms with Crippen LogP contribution in [0.15, 0.2) is 54.2 Å². The van der Waals surface area contributed by atoms with E-state index in [9.17, 15) is 9.59 Å². The minimum absolute atomic E-state index is 0.109. The van der Waals surface area contributed by atoms with Crippen molar-refractivity contribution >= 4 is 28.7 Å². The van der Waals surface area contributed by atoms with Gasteiger partial charge in [-0.25, -0.2) is 0 Å². The number of amides is 2. The zero-order valence-corrected chi connectivity index (χ0v) is 13.1. The van der Waals surface area contributed by atoms with Gasteiger partial charge in [-0.2, -0.15) is 0 Å². The van der Waals surface area contributed by atoms with E-state index in [0.29, 0.717) is 18.7 Å². The summed E-state index contributed by atoms with van der Waals surface area (Å²) in [6.45, 7) is 0.999. The predicted octanol–water partition coefficient (Wildman–Crippen LogP) is 2.31. The van der Waals surface area contributed by atoms with Gasteiger partial charge in [0.05, 0.1) is 5.56 Å². The molecule has 4 rings (SSSR count). The molecule has 4 heterocycles. The van der Waals surface area contributed by atoms with E-state index < -0.39 is 6.04 Å². The van der Waals surface area contributed by atoms with Crippen molar-refractivity contribution in [1.29, 1.82) is 0 Å². The van der Waals surface area contributed by atoms with E-state index in [0.717, 1.165) is 10.4 Å². The number of fused-ring (bicyclic) bond motifs is 1. The Hall–Kier alpha value is -2.60. The maximum Gasteiger partial charge on any atom is 0.256 e. The van der Waals surface area contributed by atoms with E-state index in [-0.39, 0.29) is 11.8 Å². The van der Waals surface area contributed by atoms with Crippen LogP contribution in [0, 0.1) is 0 Å². The molecule has 0 bridgehead atoms. The lowest BCUT2D eigenvalue weighted by molar-refractivity contribution is -0.127. The third kappa shape index (κ3) is 2.41. The highest BCUT2D eigenvalue weighted by Crippen LogP contribution is 2.28. The van der Waals surface area contributed by atoms with Crippen molar-refractivity contribution in [2.45, 2.75) is 6.04 Å². The molecule has 3 aromatic rings. The van der Waals surface area contributed by atoms with Gasteiger partial charge in [0.15, 0.2) is 0 Å². The molecule has 1 atom stereocenters. The van der Waals surface area contributed by atoms with E-state index >= 15 is 0 Å². The number of carbonyl (C=O) groups is 2. The van der Waals surface area contributed by atoms with E-state index in [2.05, 4.69) is 5.32 Å². The summed E-state index contributed by atoms with van der Waals surface area (Å²) >= 11 is 1.49. The van der Waals surface area contributed by atoms with Crippen molar-refractivity contribution in [3.63, 3.8) is 0 Å². The van der Waals surface area contributed by atoms with E-state index in [1.54, 1.807) is 4.90 Å². The Balaban J connectivity index is 1.71. The van der Waals surface area contributed by atoms with Gasteiger partial charge < -0.3 is 14.6 Å². The molecule has 0 radical (unpaired) electrons. The zero-order valence-electron chi connectivity index (χ0n) is 12.3. The number of nitrogens with one attached hydrogen (secondary N) is 1. The molecule has 0 aliphatic carbocycles. The van der Waals surface area contributed by atoms with Crippen molar-refractivity contribution in [2.24, 2.45) is 0 Å². The molecule has 1 fully saturated rings. The lowest BCUT2D eigenvalue weighted by Gasteiger charge is -2.34. The number of rotatable bonds is 2. The van der Waals surface area contributed by atoms with Gasteiger partial charge in [-0.05, 0) is 29.6 Å². The van der Waals surface area contributed by atoms with Gasteiger partial charge in [-0.1, -0.05) is 12.1 Å². The average Bonchev–Trinajstić information content (AvgIpc) is 3.23. The molecule has 1 aliphatic heterocycles. The Kier molecular flexibility index (Phi) is 3.38. The minimum Gasteiger partial charge on any atom is -0.352 e. The van der Waals surface area contributed by atoms with Crippen LogP contribution in [-0.2, 0) is 4.79 Å². The molecule has 1 aliphatic rings. The highest BCUT2D eigenvalue weighted by Gasteiger charge is 2.35. The molecule has 0 saturated carbocycles. The molecule has 0 unspecified atom stereocenters. The third-order valence-electron chi connectivity index (χ3n) is 4.04. The van der Waals surface area contributed by atoms with Crippen LogP contribution >= 0.6 is 11.3 Å². The van der Waals surface area contributed by atoms with Gasteiger partial charge in [0.1, 0.15) is 6.04 Å². The van der Waals surface area contributed by atoms with Crippen molar-refractivity contribution in [2.75, 3.05) is 13.1 Å². The first-order chi connectivity index (χ1) is 11.2. The van der Waals surface area contributed by atoms with Crippen LogP contribution in [0.2, 0.25) is 0 Å². The fourth-order valence-corrected chi connectivity index (χ4v) is 3.79. The number of nitrogens with zero attached hydrogens (tertiary/aromatic N) is 2. The van der Waals surface area contributed by atoms with Gasteiger partial charge in [-0.3, -0.25) is 9.59 Å². The third-order valence-corrected chi connectivity index (χ3v) is 4.96. The molecule has 1 saturated heterocycles. The average molecular weight is 325 g/mol. The van der Waals surface area contributed by atoms with Crippen LogP contribution < -0.4 is 5.32 Å². The normalized spacial score (nSPS) is 18.2. The second-order valence-corrected chi connectivity index (χ2v) is 6.45. The standard InChI is InChI=1S/C17H15N3O2S/c21-16-15(14-5-3-9-23-14)20(8-6-18-16)17(22)12-10-13-4-1-2-7-19(13)11-12/h1-5,7,9-11,15H,6,8H2,(H,18,21)/t15-/m1/s1. The Morgan fingerprint density at radius 2 is 2.17 bits per heavy atom. The minimum atomic E-state index is -0.542. The lowest BCUT2D eigenvalue weighted by Crippen LogP contribution is -2.51. The summed E-state index contributed by atoms with van der Waals surface area (Å²) < 4.78 is 1.91. The van der Waals surface area contributed by atoms with Crippen LogP contribution in [0.1, 0.15) is 21.3 Å². The molecule has 0 aromatic carbocycles. The van der Waals surface area contributed by atoms with E-state index in [4.69, 9.17) is 0 Å². The lowest BCUT2D eigenvalue weighted by atomic mass is 10.1. The SMILES string of the molecule is O=C1NCCN(C(=O)c2cc3ccccn3c2)[C@@H]1c1cccs1. The summed E-state index contributed by atoms with van der Waals surface area (Å²) in [6.07, 6.45) is 3.72. The number of pyridine rings is 1. The Bertz CT molecular complexity index is 836. The zero-order chi connectivity index (χ0) is 15.8. The second-order valence-electron chi connectivity index (χ2n) is 5.47. The predicted molar refractivity (Wildman–Crippen MR) is 88.5 cm³/mol. The molecule has 116 valence electrons. The molecule has 23 heavy (non-hydrogen) atoms. The first-order valence-corrected chi connectivity index (χ1v) is 8.31. The van der Waals surface area contributed by atoms with Crippen LogP contribution in [0.25, 0.3) is 5.52 Å². The Morgan fingerprint density at radius 3 is 2.96 bits per heavy atom. The summed E-state index contributed by atoms with van der Waals surface area (Å²) in [5.41, 5.74) is 1.57. The Morgan fingerprint density at radius 1 is 1.26 bits per heavy atom. The molecule has 1 N–H and O–H groups in total. The van der Waals surface area contributed by atoms with Gasteiger partial charge in [0.2, 0.25) is 5.91 Å². The molecule has 3 aromatic heterocycles. The van der Waals surface area contributed by atoms with Crippen molar-refractivity contribution in [3.05, 3.63) is 64.6 Å². The van der Waals surface area contributed by atoms with Gasteiger partial charge >= 0.3 is 0 Å². The van der Waals surface area contributed by atoms with Gasteiger partial charge in [-0.15, -0.1) is 11.3 Å². The molecule has 2 amide bonds. The summed E-state index contributed by atoms with van der Waals surface area (Å²) in [4.78, 5) is 27.8. The number of piperazine rings is 1. The topological polar surface area (TPSA) is 53.8 Å². The highest BCUT2D eigenvalue weighted by molar-refractivity contribution is 7.10. The molecule has 0 spiro atoms. The van der Waals surface area contributed by atoms with E-state index in [1.807, 2.05) is 58.6 Å². The molecule has 6 heteroatoms. The fourth-order valence-electron chi connectivity index (χ4n) is 2.95. The summed E-state index contributed by atoms with van der Waals surface area (Å²) in [7, 11) is 0. The van der Waals surface area contributed by atoms with Gasteiger partial charge in [0.25, 0.3) is 5.91 Å². The largest absolute Gasteiger partial charge is 0.352 e. The van der Waals surface area contributed by atoms with Crippen LogP contribution in [-0.4, -0.2) is 34.2 Å².